The van der Waals surface area contributed by atoms with Gasteiger partial charge in [-0.05, 0) is 81.4 Å². The number of imide groups is 1. The summed E-state index contributed by atoms with van der Waals surface area (Å²) in [5.74, 6) is 1.15. The number of esters is 1. The lowest BCUT2D eigenvalue weighted by Crippen LogP contribution is -2.78. The highest BCUT2D eigenvalue weighted by Gasteiger charge is 2.74. The Bertz CT molecular complexity index is 1360. The molecule has 2 amide bonds. The number of allylic oxidation sites excluding steroid dienone is 1. The molecule has 1 N–H and O–H groups in total. The first-order chi connectivity index (χ1) is 19.8. The number of amides is 2. The van der Waals surface area contributed by atoms with Crippen LogP contribution in [0.5, 0.6) is 11.5 Å². The number of hydrogen-bond acceptors (Lipinski definition) is 7. The molecular weight excluding hydrogens is 520 g/mol. The second-order valence-corrected chi connectivity index (χ2v) is 13.8. The molecule has 8 rings (SSSR count). The number of piperidine rings is 1. The Kier molecular flexibility index (Phi) is 5.79. The van der Waals surface area contributed by atoms with Gasteiger partial charge < -0.3 is 14.6 Å². The summed E-state index contributed by atoms with van der Waals surface area (Å²) >= 11 is 0. The normalized spacial score (nSPS) is 37.4. The summed E-state index contributed by atoms with van der Waals surface area (Å²) in [6, 6.07) is 3.31. The third-order valence-corrected chi connectivity index (χ3v) is 11.5. The van der Waals surface area contributed by atoms with Gasteiger partial charge in [0.25, 0.3) is 5.91 Å². The smallest absolute Gasteiger partial charge is 0.308 e. The molecule has 5 atom stereocenters. The molecule has 0 aromatic heterocycles. The number of likely N-dealkylation sites (tertiary alicyclic amines) is 2. The Balaban J connectivity index is 1.20. The van der Waals surface area contributed by atoms with E-state index in [-0.39, 0.29) is 24.3 Å². The molecule has 0 radical (unpaired) electrons. The first kappa shape index (κ1) is 26.0. The number of hydrogen-bond donors (Lipinski definition) is 1. The average molecular weight is 561 g/mol. The van der Waals surface area contributed by atoms with E-state index < -0.39 is 29.1 Å². The zero-order chi connectivity index (χ0) is 28.1. The van der Waals surface area contributed by atoms with Gasteiger partial charge >= 0.3 is 5.97 Å². The lowest BCUT2D eigenvalue weighted by atomic mass is 9.48. The van der Waals surface area contributed by atoms with Gasteiger partial charge in [-0.15, -0.1) is 0 Å². The third-order valence-electron chi connectivity index (χ3n) is 11.5. The molecule has 8 nitrogen and oxygen atoms in total. The molecule has 1 aromatic rings. The van der Waals surface area contributed by atoms with Crippen molar-refractivity contribution in [3.8, 4) is 11.5 Å². The molecule has 4 aliphatic carbocycles. The van der Waals surface area contributed by atoms with E-state index in [2.05, 4.69) is 11.0 Å². The number of ether oxygens (including phenoxy) is 2. The number of nitrogens with zero attached hydrogens (tertiary/aromatic N) is 2. The van der Waals surface area contributed by atoms with Crippen molar-refractivity contribution in [3.63, 3.8) is 0 Å². The standard InChI is InChI=1S/C33H40N2O6/c1-19(36)40-25-10-9-22-16-26-33(39)12-11-24(35-27(37)17-23(31(35)38)15-20-5-3-2-4-6-20)30-32(33,28(22)29(25)41-30)13-14-34(26)18-21-7-8-21/h9-10,15,20-21,24,26,30,39H,2-8,11-14,16-18H2,1H3/t24-,26-,30+,32+,33?/m1/s1. The van der Waals surface area contributed by atoms with E-state index in [4.69, 9.17) is 9.47 Å². The van der Waals surface area contributed by atoms with Crippen LogP contribution in [0.1, 0.15) is 88.7 Å². The fourth-order valence-electron chi connectivity index (χ4n) is 9.59. The average Bonchev–Trinajstić information content (AvgIpc) is 3.63. The lowest BCUT2D eigenvalue weighted by molar-refractivity contribution is -0.201. The number of carbonyl (C=O) groups excluding carboxylic acids is 3. The maximum absolute atomic E-state index is 13.9. The summed E-state index contributed by atoms with van der Waals surface area (Å²) in [6.07, 6.45) is 12.3. The second kappa shape index (κ2) is 9.14. The van der Waals surface area contributed by atoms with Crippen molar-refractivity contribution in [1.82, 2.24) is 9.80 Å². The maximum Gasteiger partial charge on any atom is 0.308 e. The van der Waals surface area contributed by atoms with Gasteiger partial charge in [-0.2, -0.15) is 0 Å². The Morgan fingerprint density at radius 3 is 2.68 bits per heavy atom. The van der Waals surface area contributed by atoms with E-state index >= 15 is 0 Å². The summed E-state index contributed by atoms with van der Waals surface area (Å²) in [5, 5.41) is 12.8. The van der Waals surface area contributed by atoms with Crippen LogP contribution in [0.15, 0.2) is 23.8 Å². The molecule has 2 bridgehead atoms. The quantitative estimate of drug-likeness (QED) is 0.253. The highest BCUT2D eigenvalue weighted by atomic mass is 16.6. The van der Waals surface area contributed by atoms with Crippen LogP contribution in [0, 0.1) is 11.8 Å². The Labute approximate surface area is 241 Å². The minimum Gasteiger partial charge on any atom is -0.483 e. The van der Waals surface area contributed by atoms with Gasteiger partial charge in [0.2, 0.25) is 5.91 Å². The Morgan fingerprint density at radius 1 is 1.12 bits per heavy atom. The largest absolute Gasteiger partial charge is 0.483 e. The minimum absolute atomic E-state index is 0.0475. The third kappa shape index (κ3) is 3.68. The summed E-state index contributed by atoms with van der Waals surface area (Å²) in [4.78, 5) is 43.5. The van der Waals surface area contributed by atoms with Crippen molar-refractivity contribution >= 4 is 17.8 Å². The van der Waals surface area contributed by atoms with E-state index in [9.17, 15) is 19.5 Å². The molecule has 8 heteroatoms. The van der Waals surface area contributed by atoms with Crippen LogP contribution >= 0.6 is 0 Å². The number of carbonyl (C=O) groups is 3. The van der Waals surface area contributed by atoms with Gasteiger partial charge in [-0.25, -0.2) is 0 Å². The van der Waals surface area contributed by atoms with E-state index in [1.54, 1.807) is 6.07 Å². The first-order valence-electron chi connectivity index (χ1n) is 15.8. The minimum atomic E-state index is -1.05. The van der Waals surface area contributed by atoms with Crippen LogP contribution < -0.4 is 9.47 Å². The molecule has 1 aromatic carbocycles. The van der Waals surface area contributed by atoms with Crippen molar-refractivity contribution in [2.45, 2.75) is 113 Å². The zero-order valence-electron chi connectivity index (χ0n) is 23.9. The lowest BCUT2D eigenvalue weighted by Gasteiger charge is -2.64. The highest BCUT2D eigenvalue weighted by Crippen LogP contribution is 2.66. The van der Waals surface area contributed by atoms with E-state index in [0.717, 1.165) is 37.1 Å². The fraction of sp³-hybridized carbons (Fsp3) is 0.667. The molecule has 3 heterocycles. The molecule has 1 spiro atoms. The maximum atomic E-state index is 13.9. The molecule has 5 fully saturated rings. The molecule has 218 valence electrons. The molecule has 1 unspecified atom stereocenters. The van der Waals surface area contributed by atoms with E-state index in [1.165, 1.54) is 43.9 Å². The van der Waals surface area contributed by atoms with Gasteiger partial charge in [-0.3, -0.25) is 24.2 Å². The van der Waals surface area contributed by atoms with Crippen LogP contribution in [0.3, 0.4) is 0 Å². The van der Waals surface area contributed by atoms with Gasteiger partial charge in [0, 0.05) is 30.6 Å². The molecule has 3 aliphatic heterocycles. The number of benzene rings is 1. The Morgan fingerprint density at radius 2 is 1.93 bits per heavy atom. The van der Waals surface area contributed by atoms with Crippen molar-refractivity contribution in [2.24, 2.45) is 11.8 Å². The highest BCUT2D eigenvalue weighted by molar-refractivity contribution is 6.13. The van der Waals surface area contributed by atoms with Gasteiger partial charge in [-0.1, -0.05) is 31.4 Å². The summed E-state index contributed by atoms with van der Waals surface area (Å²) in [7, 11) is 0. The summed E-state index contributed by atoms with van der Waals surface area (Å²) in [5.41, 5.74) is 0.855. The molecule has 41 heavy (non-hydrogen) atoms. The number of aliphatic hydroxyl groups is 1. The van der Waals surface area contributed by atoms with E-state index in [0.29, 0.717) is 54.6 Å². The Hall–Kier alpha value is -2.71. The van der Waals surface area contributed by atoms with Crippen molar-refractivity contribution in [3.05, 3.63) is 34.9 Å². The van der Waals surface area contributed by atoms with Crippen LogP contribution in [0.2, 0.25) is 0 Å². The van der Waals surface area contributed by atoms with Crippen LogP contribution in [-0.2, 0) is 26.2 Å². The fourth-order valence-corrected chi connectivity index (χ4v) is 9.59. The summed E-state index contributed by atoms with van der Waals surface area (Å²) in [6.45, 7) is 3.21. The van der Waals surface area contributed by atoms with Gasteiger partial charge in [0.15, 0.2) is 11.5 Å². The SMILES string of the molecule is CC(=O)Oc1ccc2c3c1O[C@H]1[C@H](N4C(=O)CC(=CC5CCCCC5)C4=O)CCC4(O)[C@@H](C2)N(CC2CC2)CC[C@]314. The molecule has 2 saturated heterocycles. The predicted molar refractivity (Wildman–Crippen MR) is 149 cm³/mol. The van der Waals surface area contributed by atoms with Crippen LogP contribution in [-0.4, -0.2) is 69.6 Å². The summed E-state index contributed by atoms with van der Waals surface area (Å²) < 4.78 is 12.4. The van der Waals surface area contributed by atoms with E-state index in [1.807, 2.05) is 6.07 Å². The topological polar surface area (TPSA) is 96.4 Å². The van der Waals surface area contributed by atoms with Crippen LogP contribution in [0.25, 0.3) is 0 Å². The van der Waals surface area contributed by atoms with Gasteiger partial charge in [0.1, 0.15) is 6.10 Å². The van der Waals surface area contributed by atoms with Crippen molar-refractivity contribution in [2.75, 3.05) is 13.1 Å². The molecular formula is C33H40N2O6. The van der Waals surface area contributed by atoms with Crippen molar-refractivity contribution < 1.29 is 29.0 Å². The monoisotopic (exact) mass is 560 g/mol. The zero-order valence-corrected chi connectivity index (χ0v) is 23.9. The number of rotatable bonds is 5. The second-order valence-electron chi connectivity index (χ2n) is 13.8. The van der Waals surface area contributed by atoms with Gasteiger partial charge in [0.05, 0.1) is 23.5 Å². The van der Waals surface area contributed by atoms with Crippen LogP contribution in [0.4, 0.5) is 0 Å². The first-order valence-corrected chi connectivity index (χ1v) is 15.8. The molecule has 3 saturated carbocycles. The molecule has 7 aliphatic rings. The van der Waals surface area contributed by atoms with Crippen molar-refractivity contribution in [1.29, 1.82) is 0 Å². The predicted octanol–water partition coefficient (Wildman–Crippen LogP) is 3.81.